The summed E-state index contributed by atoms with van der Waals surface area (Å²) in [6, 6.07) is 12.0. The number of hydrogen-bond donors (Lipinski definition) is 2. The number of hydrogen-bond acceptors (Lipinski definition) is 13. The van der Waals surface area contributed by atoms with Gasteiger partial charge >= 0.3 is 10.2 Å². The van der Waals surface area contributed by atoms with Crippen molar-refractivity contribution in [3.63, 3.8) is 0 Å². The van der Waals surface area contributed by atoms with E-state index < -0.39 is 68.7 Å². The number of ether oxygens (including phenoxy) is 1. The maximum Gasteiger partial charge on any atom is 0.301 e. The van der Waals surface area contributed by atoms with Crippen LogP contribution in [0, 0.1) is 17.1 Å². The van der Waals surface area contributed by atoms with Gasteiger partial charge in [-0.1, -0.05) is 6.07 Å². The first kappa shape index (κ1) is 40.2. The first-order valence-electron chi connectivity index (χ1n) is 19.6. The predicted molar refractivity (Wildman–Crippen MR) is 215 cm³/mol. The van der Waals surface area contributed by atoms with Gasteiger partial charge in [0.15, 0.2) is 11.6 Å². The van der Waals surface area contributed by atoms with Crippen LogP contribution in [0.25, 0.3) is 16.6 Å². The van der Waals surface area contributed by atoms with Gasteiger partial charge in [-0.2, -0.15) is 18.0 Å². The molecule has 0 spiro atoms. The van der Waals surface area contributed by atoms with Gasteiger partial charge in [-0.25, -0.2) is 23.7 Å². The summed E-state index contributed by atoms with van der Waals surface area (Å²) in [5.74, 6) is -3.36. The molecule has 4 amide bonds. The second-order valence-corrected chi connectivity index (χ2v) is 16.9. The summed E-state index contributed by atoms with van der Waals surface area (Å²) >= 11 is 0. The number of rotatable bonds is 9. The van der Waals surface area contributed by atoms with Crippen LogP contribution in [-0.2, 0) is 19.8 Å². The molecular weight excluding hydrogens is 831 g/mol. The van der Waals surface area contributed by atoms with Gasteiger partial charge < -0.3 is 9.64 Å². The van der Waals surface area contributed by atoms with Gasteiger partial charge in [-0.15, -0.1) is 0 Å². The van der Waals surface area contributed by atoms with Crippen LogP contribution in [0.2, 0.25) is 0 Å². The number of fused-ring (bicyclic) bond motifs is 2. The van der Waals surface area contributed by atoms with E-state index in [1.165, 1.54) is 41.5 Å². The number of piperidine rings is 2. The van der Waals surface area contributed by atoms with Gasteiger partial charge in [0.25, 0.3) is 17.4 Å². The average molecular weight is 865 g/mol. The Labute approximate surface area is 350 Å². The Balaban J connectivity index is 0.878. The molecule has 2 aromatic heterocycles. The molecule has 4 aliphatic rings. The number of nitrogens with one attached hydrogen (secondary N) is 2. The zero-order chi connectivity index (χ0) is 43.4. The molecule has 2 atom stereocenters. The highest BCUT2D eigenvalue weighted by Crippen LogP contribution is 2.36. The molecular formula is C41H34F2N10O8S. The normalized spacial score (nSPS) is 19.8. The molecule has 316 valence electrons. The minimum Gasteiger partial charge on any atom is -0.453 e. The summed E-state index contributed by atoms with van der Waals surface area (Å²) in [6.07, 6.45) is 4.42. The largest absolute Gasteiger partial charge is 0.453 e. The zero-order valence-electron chi connectivity index (χ0n) is 32.5. The molecule has 4 aliphatic heterocycles. The van der Waals surface area contributed by atoms with Gasteiger partial charge in [-0.3, -0.25) is 43.5 Å². The van der Waals surface area contributed by atoms with Gasteiger partial charge in [0, 0.05) is 32.6 Å². The Morgan fingerprint density at radius 3 is 2.35 bits per heavy atom. The molecule has 18 nitrogen and oxygen atoms in total. The molecule has 62 heavy (non-hydrogen) atoms. The molecule has 9 rings (SSSR count). The third kappa shape index (κ3) is 7.26. The summed E-state index contributed by atoms with van der Waals surface area (Å²) < 4.78 is 64.7. The standard InChI is InChI=1S/C41H34F2N10O8S/c42-24-11-14-51(20-24)62(59,60)49-33-6-4-31(43)36(30(33)17-44)61-26-2-5-32-29(16-26)38(56)52(21-47-32)25-18-45-41(46-19-25)50-12-9-22(10-13-50)23-1-3-27-28(15-23)40(58)53(39(27)57)34-7-8-35(54)48-37(34)55/h1-6,15-16,18-19,21-22,24,34,49H,7-14,20H2,(H,48,54,55)/t24-,34?/m1/s1. The van der Waals surface area contributed by atoms with E-state index >= 15 is 4.39 Å². The van der Waals surface area contributed by atoms with Gasteiger partial charge in [-0.05, 0) is 79.6 Å². The summed E-state index contributed by atoms with van der Waals surface area (Å²) in [5.41, 5.74) is 0.633. The summed E-state index contributed by atoms with van der Waals surface area (Å²) in [5, 5.41) is 12.2. The fourth-order valence-corrected chi connectivity index (χ4v) is 9.47. The molecule has 0 bridgehead atoms. The fourth-order valence-electron chi connectivity index (χ4n) is 8.19. The molecule has 21 heteroatoms. The lowest BCUT2D eigenvalue weighted by Crippen LogP contribution is -2.54. The Morgan fingerprint density at radius 2 is 1.65 bits per heavy atom. The monoisotopic (exact) mass is 864 g/mol. The van der Waals surface area contributed by atoms with E-state index in [4.69, 9.17) is 4.74 Å². The molecule has 2 N–H and O–H groups in total. The first-order chi connectivity index (χ1) is 29.8. The molecule has 5 aromatic rings. The summed E-state index contributed by atoms with van der Waals surface area (Å²) in [4.78, 5) is 80.7. The van der Waals surface area contributed by atoms with E-state index in [0.717, 1.165) is 26.9 Å². The van der Waals surface area contributed by atoms with Crippen molar-refractivity contribution >= 4 is 56.4 Å². The lowest BCUT2D eigenvalue weighted by molar-refractivity contribution is -0.136. The van der Waals surface area contributed by atoms with Crippen molar-refractivity contribution in [1.29, 1.82) is 5.26 Å². The lowest BCUT2D eigenvalue weighted by atomic mass is 9.88. The van der Waals surface area contributed by atoms with E-state index in [9.17, 15) is 42.0 Å². The number of anilines is 2. The van der Waals surface area contributed by atoms with Crippen molar-refractivity contribution < 1.29 is 41.1 Å². The zero-order valence-corrected chi connectivity index (χ0v) is 33.3. The highest BCUT2D eigenvalue weighted by molar-refractivity contribution is 7.90. The Hall–Kier alpha value is -7.18. The van der Waals surface area contributed by atoms with Crippen molar-refractivity contribution in [2.75, 3.05) is 35.8 Å². The number of carbonyl (C=O) groups is 4. The van der Waals surface area contributed by atoms with E-state index in [-0.39, 0.29) is 71.7 Å². The van der Waals surface area contributed by atoms with E-state index in [0.29, 0.717) is 37.6 Å². The van der Waals surface area contributed by atoms with E-state index in [1.807, 2.05) is 11.0 Å². The minimum absolute atomic E-state index is 0.0233. The second kappa shape index (κ2) is 15.7. The molecule has 0 radical (unpaired) electrons. The van der Waals surface area contributed by atoms with Crippen LogP contribution in [-0.4, -0.2) is 99.2 Å². The first-order valence-corrected chi connectivity index (χ1v) is 21.0. The quantitative estimate of drug-likeness (QED) is 0.203. The number of amides is 4. The van der Waals surface area contributed by atoms with Gasteiger partial charge in [0.2, 0.25) is 17.8 Å². The Kier molecular flexibility index (Phi) is 10.2. The lowest BCUT2D eigenvalue weighted by Gasteiger charge is -2.32. The maximum atomic E-state index is 15.1. The molecule has 6 heterocycles. The molecule has 0 saturated carbocycles. The molecule has 3 saturated heterocycles. The van der Waals surface area contributed by atoms with Crippen molar-refractivity contribution in [3.8, 4) is 23.3 Å². The SMILES string of the molecule is N#Cc1c(NS(=O)(=O)N2CC[C@@H](F)C2)ccc(F)c1Oc1ccc2ncn(-c3cnc(N4CCC(c5ccc6c(c5)C(=O)N(C5CCC(=O)NC5=O)C6=O)CC4)nc3)c(=O)c2c1. The number of carbonyl (C=O) groups excluding carboxylic acids is 4. The third-order valence-electron chi connectivity index (χ3n) is 11.5. The number of alkyl halides is 1. The van der Waals surface area contributed by atoms with Gasteiger partial charge in [0.1, 0.15) is 35.9 Å². The van der Waals surface area contributed by atoms with Crippen LogP contribution in [0.15, 0.2) is 72.0 Å². The van der Waals surface area contributed by atoms with Crippen molar-refractivity contribution in [2.45, 2.75) is 50.2 Å². The van der Waals surface area contributed by atoms with Crippen LogP contribution in [0.3, 0.4) is 0 Å². The van der Waals surface area contributed by atoms with Crippen LogP contribution < -0.4 is 25.2 Å². The number of nitrogens with zero attached hydrogens (tertiary/aromatic N) is 8. The Morgan fingerprint density at radius 1 is 0.887 bits per heavy atom. The van der Waals surface area contributed by atoms with Crippen molar-refractivity contribution in [3.05, 3.63) is 106 Å². The number of aromatic nitrogens is 4. The number of imide groups is 2. The number of nitriles is 1. The summed E-state index contributed by atoms with van der Waals surface area (Å²) in [7, 11) is -4.27. The van der Waals surface area contributed by atoms with Crippen LogP contribution >= 0.6 is 0 Å². The summed E-state index contributed by atoms with van der Waals surface area (Å²) in [6.45, 7) is 0.719. The van der Waals surface area contributed by atoms with Gasteiger partial charge in [0.05, 0.1) is 45.8 Å². The second-order valence-electron chi connectivity index (χ2n) is 15.2. The molecule has 3 fully saturated rings. The molecule has 1 unspecified atom stereocenters. The average Bonchev–Trinajstić information content (AvgIpc) is 3.82. The van der Waals surface area contributed by atoms with Crippen LogP contribution in [0.4, 0.5) is 20.4 Å². The van der Waals surface area contributed by atoms with Crippen LogP contribution in [0.1, 0.15) is 69.9 Å². The van der Waals surface area contributed by atoms with Crippen molar-refractivity contribution in [2.24, 2.45) is 0 Å². The predicted octanol–water partition coefficient (Wildman–Crippen LogP) is 3.46. The van der Waals surface area contributed by atoms with Crippen LogP contribution in [0.5, 0.6) is 11.5 Å². The Bertz CT molecular complexity index is 2930. The number of benzene rings is 3. The maximum absolute atomic E-state index is 15.1. The highest BCUT2D eigenvalue weighted by Gasteiger charge is 2.45. The van der Waals surface area contributed by atoms with Crippen molar-refractivity contribution in [1.82, 2.24) is 34.0 Å². The topological polar surface area (TPSA) is 230 Å². The van der Waals surface area contributed by atoms with E-state index in [2.05, 4.69) is 25.0 Å². The number of halogens is 2. The third-order valence-corrected chi connectivity index (χ3v) is 12.9. The highest BCUT2D eigenvalue weighted by atomic mass is 32.2. The smallest absolute Gasteiger partial charge is 0.301 e. The molecule has 3 aromatic carbocycles. The fraction of sp³-hybridized carbons (Fsp3) is 0.293. The minimum atomic E-state index is -4.27. The molecule has 0 aliphatic carbocycles. The van der Waals surface area contributed by atoms with E-state index in [1.54, 1.807) is 18.2 Å².